The van der Waals surface area contributed by atoms with Crippen LogP contribution in [0.5, 0.6) is 5.75 Å². The van der Waals surface area contributed by atoms with Gasteiger partial charge in [0.2, 0.25) is 5.91 Å². The highest BCUT2D eigenvalue weighted by Gasteiger charge is 2.32. The van der Waals surface area contributed by atoms with Gasteiger partial charge in [0.1, 0.15) is 17.7 Å². The first-order chi connectivity index (χ1) is 14.4. The van der Waals surface area contributed by atoms with Gasteiger partial charge in [-0.1, -0.05) is 17.2 Å². The van der Waals surface area contributed by atoms with E-state index in [1.807, 2.05) is 0 Å². The molecule has 1 atom stereocenters. The van der Waals surface area contributed by atoms with Crippen LogP contribution in [0, 0.1) is 5.82 Å². The molecule has 0 aliphatic carbocycles. The molecule has 156 valence electrons. The summed E-state index contributed by atoms with van der Waals surface area (Å²) < 4.78 is 25.5. The van der Waals surface area contributed by atoms with Gasteiger partial charge in [-0.2, -0.15) is 0 Å². The third-order valence-electron chi connectivity index (χ3n) is 4.59. The molecule has 1 N–H and O–H groups in total. The van der Waals surface area contributed by atoms with Gasteiger partial charge in [-0.25, -0.2) is 9.18 Å². The van der Waals surface area contributed by atoms with Crippen molar-refractivity contribution >= 4 is 17.7 Å². The zero-order valence-corrected chi connectivity index (χ0v) is 16.5. The average molecular weight is 413 g/mol. The number of carbonyl (C=O) groups is 2. The van der Waals surface area contributed by atoms with Gasteiger partial charge in [0.05, 0.1) is 32.4 Å². The highest BCUT2D eigenvalue weighted by atomic mass is 19.1. The molecule has 1 heterocycles. The summed E-state index contributed by atoms with van der Waals surface area (Å²) in [5, 5.41) is 6.10. The number of halogens is 1. The lowest BCUT2D eigenvalue weighted by Gasteiger charge is -2.16. The lowest BCUT2D eigenvalue weighted by molar-refractivity contribution is -0.119. The Morgan fingerprint density at radius 2 is 2.13 bits per heavy atom. The Labute approximate surface area is 172 Å². The standard InChI is InChI=1S/C20H20FN5O4/c1-12(27)23-10-15-11-26(20(28)30-15)14-4-6-16(18(21)8-14)17-5-3-13(9-24-25-22)7-19(17)29-2/h3-8,15H,9-11H2,1-2H3,(H,23,27)/t15-/m0/s1. The quantitative estimate of drug-likeness (QED) is 0.422. The van der Waals surface area contributed by atoms with Gasteiger partial charge in [0, 0.05) is 23.0 Å². The van der Waals surface area contributed by atoms with Crippen molar-refractivity contribution in [3.8, 4) is 16.9 Å². The fourth-order valence-corrected chi connectivity index (χ4v) is 3.16. The number of rotatable bonds is 7. The predicted octanol–water partition coefficient (Wildman–Crippen LogP) is 3.77. The third kappa shape index (κ3) is 4.61. The molecular weight excluding hydrogens is 393 g/mol. The summed E-state index contributed by atoms with van der Waals surface area (Å²) in [6.07, 6.45) is -1.11. The van der Waals surface area contributed by atoms with Crippen LogP contribution in [0.15, 0.2) is 41.5 Å². The van der Waals surface area contributed by atoms with Crippen molar-refractivity contribution in [1.29, 1.82) is 0 Å². The van der Waals surface area contributed by atoms with Crippen molar-refractivity contribution in [2.24, 2.45) is 5.11 Å². The molecule has 30 heavy (non-hydrogen) atoms. The van der Waals surface area contributed by atoms with Gasteiger partial charge < -0.3 is 14.8 Å². The molecule has 1 aliphatic rings. The van der Waals surface area contributed by atoms with E-state index in [0.29, 0.717) is 22.6 Å². The van der Waals surface area contributed by atoms with Crippen molar-refractivity contribution < 1.29 is 23.5 Å². The Bertz CT molecular complexity index is 1020. The molecule has 1 saturated heterocycles. The number of methoxy groups -OCH3 is 1. The Hall–Kier alpha value is -3.78. The Morgan fingerprint density at radius 3 is 2.80 bits per heavy atom. The molecule has 1 aliphatic heterocycles. The second-order valence-corrected chi connectivity index (χ2v) is 6.64. The zero-order chi connectivity index (χ0) is 21.7. The van der Waals surface area contributed by atoms with Crippen molar-refractivity contribution in [2.45, 2.75) is 19.6 Å². The largest absolute Gasteiger partial charge is 0.496 e. The lowest BCUT2D eigenvalue weighted by atomic mass is 10.0. The van der Waals surface area contributed by atoms with Crippen LogP contribution in [0.3, 0.4) is 0 Å². The van der Waals surface area contributed by atoms with Crippen LogP contribution in [-0.4, -0.2) is 38.3 Å². The minimum absolute atomic E-state index is 0.158. The van der Waals surface area contributed by atoms with E-state index in [1.54, 1.807) is 30.3 Å². The van der Waals surface area contributed by atoms with Crippen LogP contribution in [0.4, 0.5) is 14.9 Å². The highest BCUT2D eigenvalue weighted by Crippen LogP contribution is 2.35. The van der Waals surface area contributed by atoms with Gasteiger partial charge in [0.15, 0.2) is 0 Å². The van der Waals surface area contributed by atoms with E-state index < -0.39 is 18.0 Å². The van der Waals surface area contributed by atoms with E-state index >= 15 is 0 Å². The number of anilines is 1. The Morgan fingerprint density at radius 1 is 1.37 bits per heavy atom. The molecule has 10 heteroatoms. The third-order valence-corrected chi connectivity index (χ3v) is 4.59. The smallest absolute Gasteiger partial charge is 0.414 e. The van der Waals surface area contributed by atoms with Crippen molar-refractivity contribution in [2.75, 3.05) is 25.1 Å². The number of hydrogen-bond donors (Lipinski definition) is 1. The van der Waals surface area contributed by atoms with Gasteiger partial charge in [0.25, 0.3) is 0 Å². The maximum Gasteiger partial charge on any atom is 0.414 e. The number of cyclic esters (lactones) is 1. The number of amides is 2. The molecule has 0 spiro atoms. The molecule has 9 nitrogen and oxygen atoms in total. The number of carbonyl (C=O) groups excluding carboxylic acids is 2. The minimum atomic E-state index is -0.600. The number of hydrogen-bond acceptors (Lipinski definition) is 5. The van der Waals surface area contributed by atoms with Gasteiger partial charge in [-0.05, 0) is 35.4 Å². The van der Waals surface area contributed by atoms with E-state index in [9.17, 15) is 14.0 Å². The van der Waals surface area contributed by atoms with Crippen LogP contribution in [-0.2, 0) is 16.1 Å². The topological polar surface area (TPSA) is 117 Å². The zero-order valence-electron chi connectivity index (χ0n) is 16.5. The van der Waals surface area contributed by atoms with Gasteiger partial charge in [-0.3, -0.25) is 9.69 Å². The monoisotopic (exact) mass is 413 g/mol. The molecule has 0 bridgehead atoms. The molecule has 0 saturated carbocycles. The molecule has 3 rings (SSSR count). The molecule has 2 amide bonds. The number of azide groups is 1. The molecule has 0 aromatic heterocycles. The van der Waals surface area contributed by atoms with Crippen molar-refractivity contribution in [3.05, 3.63) is 58.2 Å². The first kappa shape index (κ1) is 20.9. The SMILES string of the molecule is COc1cc(CN=[N+]=[N-])ccc1-c1ccc(N2C[C@H](CNC(C)=O)OC2=O)cc1F. The summed E-state index contributed by atoms with van der Waals surface area (Å²) in [5.74, 6) is -0.325. The second kappa shape index (κ2) is 9.15. The first-order valence-corrected chi connectivity index (χ1v) is 9.13. The van der Waals surface area contributed by atoms with E-state index in [4.69, 9.17) is 15.0 Å². The fourth-order valence-electron chi connectivity index (χ4n) is 3.16. The van der Waals surface area contributed by atoms with E-state index in [0.717, 1.165) is 5.56 Å². The van der Waals surface area contributed by atoms with E-state index in [1.165, 1.54) is 25.0 Å². The van der Waals surface area contributed by atoms with E-state index in [2.05, 4.69) is 15.3 Å². The second-order valence-electron chi connectivity index (χ2n) is 6.64. The van der Waals surface area contributed by atoms with Gasteiger partial charge >= 0.3 is 6.09 Å². The summed E-state index contributed by atoms with van der Waals surface area (Å²) >= 11 is 0. The van der Waals surface area contributed by atoms with Crippen LogP contribution in [0.2, 0.25) is 0 Å². The van der Waals surface area contributed by atoms with Crippen LogP contribution in [0.25, 0.3) is 21.6 Å². The number of ether oxygens (including phenoxy) is 2. The summed E-state index contributed by atoms with van der Waals surface area (Å²) in [6.45, 7) is 1.93. The highest BCUT2D eigenvalue weighted by molar-refractivity contribution is 5.90. The minimum Gasteiger partial charge on any atom is -0.496 e. The normalized spacial score (nSPS) is 15.4. The van der Waals surface area contributed by atoms with Crippen LogP contribution < -0.4 is 15.0 Å². The molecule has 2 aromatic carbocycles. The lowest BCUT2D eigenvalue weighted by Crippen LogP contribution is -2.33. The maximum atomic E-state index is 14.9. The summed E-state index contributed by atoms with van der Waals surface area (Å²) in [7, 11) is 1.47. The number of nitrogens with one attached hydrogen (secondary N) is 1. The summed E-state index contributed by atoms with van der Waals surface area (Å²) in [4.78, 5) is 27.2. The molecular formula is C20H20FN5O4. The average Bonchev–Trinajstić information content (AvgIpc) is 3.11. The van der Waals surface area contributed by atoms with Crippen LogP contribution in [0.1, 0.15) is 12.5 Å². The molecule has 1 fully saturated rings. The Balaban J connectivity index is 1.83. The number of nitrogens with zero attached hydrogens (tertiary/aromatic N) is 4. The maximum absolute atomic E-state index is 14.9. The summed E-state index contributed by atoms with van der Waals surface area (Å²) in [6, 6.07) is 9.53. The van der Waals surface area contributed by atoms with Crippen molar-refractivity contribution in [1.82, 2.24) is 5.32 Å². The molecule has 0 radical (unpaired) electrons. The van der Waals surface area contributed by atoms with E-state index in [-0.39, 0.29) is 25.5 Å². The van der Waals surface area contributed by atoms with Crippen LogP contribution >= 0.6 is 0 Å². The number of benzene rings is 2. The Kier molecular flexibility index (Phi) is 6.38. The first-order valence-electron chi connectivity index (χ1n) is 9.13. The summed E-state index contributed by atoms with van der Waals surface area (Å²) in [5.41, 5.74) is 10.4. The van der Waals surface area contributed by atoms with Gasteiger partial charge in [-0.15, -0.1) is 0 Å². The fraction of sp³-hybridized carbons (Fsp3) is 0.300. The van der Waals surface area contributed by atoms with Crippen molar-refractivity contribution in [3.63, 3.8) is 0 Å². The molecule has 0 unspecified atom stereocenters. The predicted molar refractivity (Wildman–Crippen MR) is 108 cm³/mol. The molecule has 2 aromatic rings.